The fraction of sp³-hybridized carbons (Fsp3) is 0.750. The van der Waals surface area contributed by atoms with E-state index in [-0.39, 0.29) is 0 Å². The molecule has 4 unspecified atom stereocenters. The first-order valence-electron chi connectivity index (χ1n) is 7.52. The summed E-state index contributed by atoms with van der Waals surface area (Å²) in [6, 6.07) is 5.61. The molecule has 0 aliphatic heterocycles. The molecule has 1 heterocycles. The van der Waals surface area contributed by atoms with Crippen molar-refractivity contribution in [3.8, 4) is 0 Å². The highest BCUT2D eigenvalue weighted by Crippen LogP contribution is 2.30. The van der Waals surface area contributed by atoms with Crippen LogP contribution >= 0.6 is 11.3 Å². The van der Waals surface area contributed by atoms with E-state index in [2.05, 4.69) is 55.7 Å². The van der Waals surface area contributed by atoms with Gasteiger partial charge in [-0.05, 0) is 43.8 Å². The Morgan fingerprint density at radius 3 is 2.79 bits per heavy atom. The zero-order valence-electron chi connectivity index (χ0n) is 12.7. The van der Waals surface area contributed by atoms with Crippen molar-refractivity contribution in [2.45, 2.75) is 45.2 Å². The lowest BCUT2D eigenvalue weighted by Gasteiger charge is -2.36. The van der Waals surface area contributed by atoms with Gasteiger partial charge in [-0.15, -0.1) is 11.3 Å². The largest absolute Gasteiger partial charge is 0.312 e. The van der Waals surface area contributed by atoms with Crippen LogP contribution in [0.1, 0.15) is 44.0 Å². The van der Waals surface area contributed by atoms with E-state index in [1.54, 1.807) is 0 Å². The van der Waals surface area contributed by atoms with Crippen molar-refractivity contribution in [1.82, 2.24) is 10.2 Å². The average Bonchev–Trinajstić information content (AvgIpc) is 2.88. The molecular formula is C16H28N2S. The molecule has 0 spiro atoms. The van der Waals surface area contributed by atoms with E-state index in [0.717, 1.165) is 18.4 Å². The van der Waals surface area contributed by atoms with Crippen LogP contribution in [0.3, 0.4) is 0 Å². The monoisotopic (exact) mass is 280 g/mol. The second-order valence-electron chi connectivity index (χ2n) is 6.28. The van der Waals surface area contributed by atoms with Crippen molar-refractivity contribution >= 4 is 11.3 Å². The maximum atomic E-state index is 3.84. The van der Waals surface area contributed by atoms with Gasteiger partial charge in [0.25, 0.3) is 0 Å². The molecule has 0 amide bonds. The predicted octanol–water partition coefficient (Wildman–Crippen LogP) is 3.77. The van der Waals surface area contributed by atoms with Gasteiger partial charge >= 0.3 is 0 Å². The molecular weight excluding hydrogens is 252 g/mol. The van der Waals surface area contributed by atoms with E-state index in [4.69, 9.17) is 0 Å². The predicted molar refractivity (Wildman–Crippen MR) is 84.7 cm³/mol. The third-order valence-electron chi connectivity index (χ3n) is 4.78. The Balaban J connectivity index is 1.92. The summed E-state index contributed by atoms with van der Waals surface area (Å²) in [5.41, 5.74) is 0. The molecule has 1 N–H and O–H groups in total. The lowest BCUT2D eigenvalue weighted by Crippen LogP contribution is -2.43. The fourth-order valence-electron chi connectivity index (χ4n) is 3.15. The van der Waals surface area contributed by atoms with Crippen LogP contribution in [0.4, 0.5) is 0 Å². The van der Waals surface area contributed by atoms with Gasteiger partial charge in [0.05, 0.1) is 6.04 Å². The van der Waals surface area contributed by atoms with Crippen LogP contribution in [0.15, 0.2) is 17.5 Å². The molecule has 1 aromatic rings. The van der Waals surface area contributed by atoms with Crippen molar-refractivity contribution in [3.05, 3.63) is 22.4 Å². The minimum atomic E-state index is 0.504. The molecule has 0 saturated heterocycles. The van der Waals surface area contributed by atoms with E-state index >= 15 is 0 Å². The van der Waals surface area contributed by atoms with Gasteiger partial charge in [0.1, 0.15) is 0 Å². The molecule has 1 aliphatic carbocycles. The first-order chi connectivity index (χ1) is 9.09. The molecule has 108 valence electrons. The number of rotatable bonds is 5. The third kappa shape index (κ3) is 3.80. The highest BCUT2D eigenvalue weighted by Gasteiger charge is 2.27. The highest BCUT2D eigenvalue weighted by atomic mass is 32.1. The normalized spacial score (nSPS) is 29.6. The zero-order valence-corrected chi connectivity index (χ0v) is 13.5. The van der Waals surface area contributed by atoms with Crippen LogP contribution in [0, 0.1) is 11.8 Å². The van der Waals surface area contributed by atoms with Crippen LogP contribution in [0.25, 0.3) is 0 Å². The molecule has 1 fully saturated rings. The van der Waals surface area contributed by atoms with Gasteiger partial charge in [0, 0.05) is 17.5 Å². The second-order valence-corrected chi connectivity index (χ2v) is 7.26. The highest BCUT2D eigenvalue weighted by molar-refractivity contribution is 7.10. The number of thiophene rings is 1. The standard InChI is InChI=1S/C16H28N2S/c1-12-7-5-8-14(13(12)2)17-11-15(18(3)4)16-9-6-10-19-16/h6,9-10,12-15,17H,5,7-8,11H2,1-4H3. The van der Waals surface area contributed by atoms with Gasteiger partial charge in [-0.3, -0.25) is 0 Å². The summed E-state index contributed by atoms with van der Waals surface area (Å²) in [6.07, 6.45) is 4.13. The van der Waals surface area contributed by atoms with Gasteiger partial charge in [-0.1, -0.05) is 32.8 Å². The van der Waals surface area contributed by atoms with Crippen LogP contribution in [-0.2, 0) is 0 Å². The summed E-state index contributed by atoms with van der Waals surface area (Å²) in [7, 11) is 4.36. The SMILES string of the molecule is CC1CCCC(NCC(c2cccs2)N(C)C)C1C. The summed E-state index contributed by atoms with van der Waals surface area (Å²) < 4.78 is 0. The van der Waals surface area contributed by atoms with E-state index in [9.17, 15) is 0 Å². The van der Waals surface area contributed by atoms with Crippen molar-refractivity contribution in [3.63, 3.8) is 0 Å². The Hall–Kier alpha value is -0.380. The zero-order chi connectivity index (χ0) is 13.8. The van der Waals surface area contributed by atoms with Crippen LogP contribution in [0.5, 0.6) is 0 Å². The molecule has 1 saturated carbocycles. The van der Waals surface area contributed by atoms with Crippen molar-refractivity contribution in [1.29, 1.82) is 0 Å². The Morgan fingerprint density at radius 1 is 1.37 bits per heavy atom. The number of nitrogens with one attached hydrogen (secondary N) is 1. The number of hydrogen-bond acceptors (Lipinski definition) is 3. The molecule has 3 heteroatoms. The molecule has 0 bridgehead atoms. The van der Waals surface area contributed by atoms with E-state index in [0.29, 0.717) is 12.1 Å². The summed E-state index contributed by atoms with van der Waals surface area (Å²) >= 11 is 1.87. The molecule has 0 radical (unpaired) electrons. The lowest BCUT2D eigenvalue weighted by molar-refractivity contribution is 0.190. The summed E-state index contributed by atoms with van der Waals surface area (Å²) in [4.78, 5) is 3.80. The molecule has 4 atom stereocenters. The maximum Gasteiger partial charge on any atom is 0.0561 e. The topological polar surface area (TPSA) is 15.3 Å². The Labute approximate surface area is 122 Å². The summed E-state index contributed by atoms with van der Waals surface area (Å²) in [6.45, 7) is 5.88. The average molecular weight is 280 g/mol. The Bertz CT molecular complexity index is 361. The molecule has 19 heavy (non-hydrogen) atoms. The van der Waals surface area contributed by atoms with Crippen LogP contribution in [-0.4, -0.2) is 31.6 Å². The van der Waals surface area contributed by atoms with Gasteiger partial charge in [-0.25, -0.2) is 0 Å². The molecule has 1 aliphatic rings. The Kier molecular flexibility index (Phi) is 5.43. The molecule has 0 aromatic carbocycles. The number of nitrogens with zero attached hydrogens (tertiary/aromatic N) is 1. The molecule has 2 nitrogen and oxygen atoms in total. The quantitative estimate of drug-likeness (QED) is 0.883. The third-order valence-corrected chi connectivity index (χ3v) is 5.75. The Morgan fingerprint density at radius 2 is 2.16 bits per heavy atom. The van der Waals surface area contributed by atoms with Gasteiger partial charge in [0.2, 0.25) is 0 Å². The minimum Gasteiger partial charge on any atom is -0.312 e. The van der Waals surface area contributed by atoms with Crippen molar-refractivity contribution in [2.75, 3.05) is 20.6 Å². The summed E-state index contributed by atoms with van der Waals surface area (Å²) in [5, 5.41) is 6.01. The van der Waals surface area contributed by atoms with Gasteiger partial charge in [0.15, 0.2) is 0 Å². The van der Waals surface area contributed by atoms with Crippen LogP contribution < -0.4 is 5.32 Å². The van der Waals surface area contributed by atoms with Crippen molar-refractivity contribution in [2.24, 2.45) is 11.8 Å². The number of hydrogen-bond donors (Lipinski definition) is 1. The first kappa shape index (κ1) is 15.0. The number of likely N-dealkylation sites (N-methyl/N-ethyl adjacent to an activating group) is 1. The molecule has 2 rings (SSSR count). The first-order valence-corrected chi connectivity index (χ1v) is 8.40. The summed E-state index contributed by atoms with van der Waals surface area (Å²) in [5.74, 6) is 1.67. The van der Waals surface area contributed by atoms with E-state index in [1.807, 2.05) is 11.3 Å². The lowest BCUT2D eigenvalue weighted by atomic mass is 9.78. The second kappa shape index (κ2) is 6.87. The van der Waals surface area contributed by atoms with Crippen molar-refractivity contribution < 1.29 is 0 Å². The van der Waals surface area contributed by atoms with Crippen LogP contribution in [0.2, 0.25) is 0 Å². The van der Waals surface area contributed by atoms with E-state index in [1.165, 1.54) is 24.1 Å². The minimum absolute atomic E-state index is 0.504. The molecule has 1 aromatic heterocycles. The van der Waals surface area contributed by atoms with Gasteiger partial charge < -0.3 is 10.2 Å². The fourth-order valence-corrected chi connectivity index (χ4v) is 4.07. The maximum absolute atomic E-state index is 3.84. The van der Waals surface area contributed by atoms with Gasteiger partial charge in [-0.2, -0.15) is 0 Å². The van der Waals surface area contributed by atoms with E-state index < -0.39 is 0 Å². The smallest absolute Gasteiger partial charge is 0.0561 e.